The first-order chi connectivity index (χ1) is 8.38. The third-order valence-corrected chi connectivity index (χ3v) is 3.86. The van der Waals surface area contributed by atoms with E-state index in [1.54, 1.807) is 0 Å². The number of allylic oxidation sites excluding steroid dienone is 1. The zero-order valence-corrected chi connectivity index (χ0v) is 10.9. The van der Waals surface area contributed by atoms with Crippen LogP contribution in [0.2, 0.25) is 0 Å². The highest BCUT2D eigenvalue weighted by Crippen LogP contribution is 2.31. The molecule has 1 saturated carbocycles. The molecule has 0 aromatic carbocycles. The molecule has 1 nitrogen and oxygen atoms in total. The van der Waals surface area contributed by atoms with Crippen molar-refractivity contribution in [1.29, 1.82) is 0 Å². The normalized spacial score (nSPS) is 25.2. The van der Waals surface area contributed by atoms with Gasteiger partial charge >= 0.3 is 0 Å². The van der Waals surface area contributed by atoms with Gasteiger partial charge < -0.3 is 0 Å². The first-order valence-corrected chi connectivity index (χ1v) is 7.02. The van der Waals surface area contributed by atoms with E-state index >= 15 is 0 Å². The summed E-state index contributed by atoms with van der Waals surface area (Å²) in [6.07, 6.45) is 17.2. The SMILES string of the molecule is CCC[C@H]1CC[C@H](C=C[n+]2ccccc2)CC1. The molecule has 0 saturated heterocycles. The van der Waals surface area contributed by atoms with Gasteiger partial charge in [0, 0.05) is 12.1 Å². The van der Waals surface area contributed by atoms with Crippen molar-refractivity contribution in [3.05, 3.63) is 36.7 Å². The molecule has 2 rings (SSSR count). The maximum atomic E-state index is 2.39. The fraction of sp³-hybridized carbons (Fsp3) is 0.562. The van der Waals surface area contributed by atoms with Crippen LogP contribution in [-0.2, 0) is 0 Å². The molecule has 0 spiro atoms. The lowest BCUT2D eigenvalue weighted by molar-refractivity contribution is -0.568. The van der Waals surface area contributed by atoms with Gasteiger partial charge in [-0.25, -0.2) is 0 Å². The van der Waals surface area contributed by atoms with Crippen molar-refractivity contribution in [2.24, 2.45) is 11.8 Å². The molecule has 1 aliphatic carbocycles. The fourth-order valence-electron chi connectivity index (χ4n) is 2.81. The van der Waals surface area contributed by atoms with Gasteiger partial charge in [0.05, 0.1) is 0 Å². The van der Waals surface area contributed by atoms with Crippen LogP contribution < -0.4 is 4.57 Å². The van der Waals surface area contributed by atoms with Crippen LogP contribution in [-0.4, -0.2) is 0 Å². The number of hydrogen-bond acceptors (Lipinski definition) is 0. The molecular formula is C16H24N+. The lowest BCUT2D eigenvalue weighted by atomic mass is 9.80. The summed E-state index contributed by atoms with van der Waals surface area (Å²) >= 11 is 0. The predicted octanol–water partition coefficient (Wildman–Crippen LogP) is 4.05. The Kier molecular flexibility index (Phi) is 4.78. The van der Waals surface area contributed by atoms with E-state index < -0.39 is 0 Å². The van der Waals surface area contributed by atoms with Crippen molar-refractivity contribution < 1.29 is 4.57 Å². The minimum atomic E-state index is 0.802. The highest BCUT2D eigenvalue weighted by atomic mass is 14.9. The van der Waals surface area contributed by atoms with Gasteiger partial charge in [-0.15, -0.1) is 0 Å². The predicted molar refractivity (Wildman–Crippen MR) is 72.3 cm³/mol. The molecule has 0 unspecified atom stereocenters. The molecule has 0 atom stereocenters. The standard InChI is InChI=1S/C16H24N/c1-2-6-15-7-9-16(10-8-15)11-14-17-12-4-3-5-13-17/h3-5,11-16H,2,6-10H2,1H3/q+1/t15-,16-. The Hall–Kier alpha value is -1.11. The van der Waals surface area contributed by atoms with E-state index in [-0.39, 0.29) is 0 Å². The van der Waals surface area contributed by atoms with Crippen LogP contribution in [0.5, 0.6) is 0 Å². The Labute approximate surface area is 105 Å². The molecule has 0 amide bonds. The summed E-state index contributed by atoms with van der Waals surface area (Å²) in [6, 6.07) is 6.20. The van der Waals surface area contributed by atoms with E-state index in [2.05, 4.69) is 54.4 Å². The Balaban J connectivity index is 1.80. The Morgan fingerprint density at radius 2 is 1.76 bits per heavy atom. The summed E-state index contributed by atoms with van der Waals surface area (Å²) in [7, 11) is 0. The van der Waals surface area contributed by atoms with Crippen molar-refractivity contribution in [1.82, 2.24) is 0 Å². The maximum Gasteiger partial charge on any atom is 0.174 e. The summed E-state index contributed by atoms with van der Waals surface area (Å²) in [5.41, 5.74) is 0. The van der Waals surface area contributed by atoms with E-state index in [9.17, 15) is 0 Å². The molecule has 1 aromatic heterocycles. The lowest BCUT2D eigenvalue weighted by Crippen LogP contribution is -2.24. The van der Waals surface area contributed by atoms with Crippen molar-refractivity contribution in [3.63, 3.8) is 0 Å². The number of aromatic nitrogens is 1. The van der Waals surface area contributed by atoms with Crippen LogP contribution >= 0.6 is 0 Å². The minimum Gasteiger partial charge on any atom is -0.174 e. The summed E-state index contributed by atoms with van der Waals surface area (Å²) < 4.78 is 2.14. The summed E-state index contributed by atoms with van der Waals surface area (Å²) in [5, 5.41) is 0. The molecular weight excluding hydrogens is 206 g/mol. The van der Waals surface area contributed by atoms with Gasteiger partial charge in [0.15, 0.2) is 18.6 Å². The van der Waals surface area contributed by atoms with Crippen LogP contribution in [0.4, 0.5) is 0 Å². The average Bonchev–Trinajstić information content (AvgIpc) is 2.40. The largest absolute Gasteiger partial charge is 0.174 e. The fourth-order valence-corrected chi connectivity index (χ4v) is 2.81. The molecule has 1 aromatic rings. The summed E-state index contributed by atoms with van der Waals surface area (Å²) in [6.45, 7) is 2.30. The third-order valence-electron chi connectivity index (χ3n) is 3.86. The van der Waals surface area contributed by atoms with E-state index in [1.807, 2.05) is 0 Å². The molecule has 0 bridgehead atoms. The first kappa shape index (κ1) is 12.3. The maximum absolute atomic E-state index is 2.39. The van der Waals surface area contributed by atoms with Gasteiger partial charge in [-0.05, 0) is 43.6 Å². The first-order valence-electron chi connectivity index (χ1n) is 7.02. The summed E-state index contributed by atoms with van der Waals surface area (Å²) in [5.74, 6) is 1.81. The second-order valence-electron chi connectivity index (χ2n) is 5.23. The monoisotopic (exact) mass is 230 g/mol. The molecule has 1 heteroatoms. The Morgan fingerprint density at radius 3 is 2.41 bits per heavy atom. The molecule has 0 N–H and O–H groups in total. The van der Waals surface area contributed by atoms with Crippen molar-refractivity contribution >= 4 is 6.20 Å². The van der Waals surface area contributed by atoms with Crippen LogP contribution in [0.15, 0.2) is 36.7 Å². The van der Waals surface area contributed by atoms with E-state index in [1.165, 1.54) is 38.5 Å². The van der Waals surface area contributed by atoms with Gasteiger partial charge in [0.25, 0.3) is 0 Å². The second-order valence-corrected chi connectivity index (χ2v) is 5.23. The smallest absolute Gasteiger partial charge is 0.174 e. The second kappa shape index (κ2) is 6.58. The van der Waals surface area contributed by atoms with Gasteiger partial charge in [-0.2, -0.15) is 4.57 Å². The van der Waals surface area contributed by atoms with Crippen LogP contribution in [0, 0.1) is 11.8 Å². The highest BCUT2D eigenvalue weighted by Gasteiger charge is 2.18. The Bertz CT molecular complexity index is 334. The van der Waals surface area contributed by atoms with Crippen molar-refractivity contribution in [2.45, 2.75) is 45.4 Å². The van der Waals surface area contributed by atoms with Gasteiger partial charge in [-0.1, -0.05) is 25.8 Å². The van der Waals surface area contributed by atoms with E-state index in [0.717, 1.165) is 11.8 Å². The molecule has 0 aliphatic heterocycles. The van der Waals surface area contributed by atoms with Crippen LogP contribution in [0.25, 0.3) is 6.20 Å². The molecule has 17 heavy (non-hydrogen) atoms. The zero-order valence-electron chi connectivity index (χ0n) is 10.9. The number of pyridine rings is 1. The number of hydrogen-bond donors (Lipinski definition) is 0. The average molecular weight is 230 g/mol. The Morgan fingerprint density at radius 1 is 1.06 bits per heavy atom. The topological polar surface area (TPSA) is 3.88 Å². The minimum absolute atomic E-state index is 0.802. The number of rotatable bonds is 4. The molecule has 92 valence electrons. The van der Waals surface area contributed by atoms with Gasteiger partial charge in [0.2, 0.25) is 0 Å². The van der Waals surface area contributed by atoms with Crippen molar-refractivity contribution in [3.8, 4) is 0 Å². The highest BCUT2D eigenvalue weighted by molar-refractivity contribution is 5.09. The van der Waals surface area contributed by atoms with E-state index in [0.29, 0.717) is 0 Å². The molecule has 1 fully saturated rings. The van der Waals surface area contributed by atoms with Crippen molar-refractivity contribution in [2.75, 3.05) is 0 Å². The van der Waals surface area contributed by atoms with Gasteiger partial charge in [0.1, 0.15) is 0 Å². The molecule has 1 heterocycles. The number of nitrogens with zero attached hydrogens (tertiary/aromatic N) is 1. The third kappa shape index (κ3) is 3.99. The quantitative estimate of drug-likeness (QED) is 0.687. The lowest BCUT2D eigenvalue weighted by Gasteiger charge is -2.25. The molecule has 0 radical (unpaired) electrons. The summed E-state index contributed by atoms with van der Waals surface area (Å²) in [4.78, 5) is 0. The van der Waals surface area contributed by atoms with Crippen LogP contribution in [0.1, 0.15) is 45.4 Å². The van der Waals surface area contributed by atoms with Crippen LogP contribution in [0.3, 0.4) is 0 Å². The molecule has 1 aliphatic rings. The van der Waals surface area contributed by atoms with E-state index in [4.69, 9.17) is 0 Å². The zero-order chi connectivity index (χ0) is 11.9. The van der Waals surface area contributed by atoms with Gasteiger partial charge in [-0.3, -0.25) is 0 Å².